The van der Waals surface area contributed by atoms with Gasteiger partial charge in [-0.15, -0.1) is 0 Å². The van der Waals surface area contributed by atoms with Crippen LogP contribution >= 0.6 is 0 Å². The molecule has 1 aromatic heterocycles. The van der Waals surface area contributed by atoms with E-state index in [1.807, 2.05) is 31.2 Å². The summed E-state index contributed by atoms with van der Waals surface area (Å²) in [5.41, 5.74) is 2.42. The highest BCUT2D eigenvalue weighted by Gasteiger charge is 2.39. The molecule has 1 saturated heterocycles. The molecule has 1 aliphatic carbocycles. The SMILES string of the molecule is Cc1cccc(NC(=O)N2CCC(Oc3ccc(N(C)S(=O)(=O)C4CC4)cn3)CC2)c1. The maximum Gasteiger partial charge on any atom is 0.321 e. The summed E-state index contributed by atoms with van der Waals surface area (Å²) in [5, 5.41) is 2.68. The minimum absolute atomic E-state index is 0.0331. The van der Waals surface area contributed by atoms with Gasteiger partial charge in [0, 0.05) is 44.7 Å². The Morgan fingerprint density at radius 1 is 1.16 bits per heavy atom. The van der Waals surface area contributed by atoms with Gasteiger partial charge in [-0.3, -0.25) is 4.31 Å². The molecule has 1 saturated carbocycles. The number of carbonyl (C=O) groups excluding carboxylic acids is 1. The van der Waals surface area contributed by atoms with Gasteiger partial charge in [0.1, 0.15) is 6.10 Å². The van der Waals surface area contributed by atoms with Crippen molar-refractivity contribution in [2.75, 3.05) is 29.8 Å². The molecule has 9 heteroatoms. The van der Waals surface area contributed by atoms with Crippen LogP contribution in [-0.4, -0.2) is 55.8 Å². The second kappa shape index (κ2) is 8.74. The van der Waals surface area contributed by atoms with Gasteiger partial charge in [-0.2, -0.15) is 0 Å². The molecule has 166 valence electrons. The van der Waals surface area contributed by atoms with Crippen molar-refractivity contribution in [3.8, 4) is 5.88 Å². The topological polar surface area (TPSA) is 91.8 Å². The number of benzene rings is 1. The van der Waals surface area contributed by atoms with Crippen LogP contribution < -0.4 is 14.4 Å². The molecule has 2 aromatic rings. The molecule has 4 rings (SSSR count). The average Bonchev–Trinajstić information content (AvgIpc) is 3.60. The van der Waals surface area contributed by atoms with Crippen LogP contribution in [0.3, 0.4) is 0 Å². The number of aromatic nitrogens is 1. The minimum atomic E-state index is -3.29. The van der Waals surface area contributed by atoms with Crippen LogP contribution in [0.25, 0.3) is 0 Å². The number of hydrogen-bond acceptors (Lipinski definition) is 5. The van der Waals surface area contributed by atoms with E-state index < -0.39 is 10.0 Å². The maximum absolute atomic E-state index is 12.5. The number of ether oxygens (including phenoxy) is 1. The van der Waals surface area contributed by atoms with Gasteiger partial charge >= 0.3 is 6.03 Å². The van der Waals surface area contributed by atoms with Gasteiger partial charge < -0.3 is 15.0 Å². The van der Waals surface area contributed by atoms with Crippen LogP contribution in [0.2, 0.25) is 0 Å². The number of urea groups is 1. The molecule has 2 aliphatic rings. The molecule has 2 fully saturated rings. The van der Waals surface area contributed by atoms with Crippen LogP contribution in [0.5, 0.6) is 5.88 Å². The number of rotatable bonds is 6. The second-order valence-electron chi connectivity index (χ2n) is 8.17. The predicted octanol–water partition coefficient (Wildman–Crippen LogP) is 3.39. The Bertz CT molecular complexity index is 1030. The third kappa shape index (κ3) is 5.10. The highest BCUT2D eigenvalue weighted by molar-refractivity contribution is 7.93. The third-order valence-corrected chi connectivity index (χ3v) is 7.99. The van der Waals surface area contributed by atoms with Gasteiger partial charge in [-0.05, 0) is 43.5 Å². The molecule has 2 heterocycles. The number of piperidine rings is 1. The first-order chi connectivity index (χ1) is 14.8. The summed E-state index contributed by atoms with van der Waals surface area (Å²) in [6.07, 6.45) is 4.36. The van der Waals surface area contributed by atoms with Crippen molar-refractivity contribution in [1.29, 1.82) is 0 Å². The quantitative estimate of drug-likeness (QED) is 0.737. The summed E-state index contributed by atoms with van der Waals surface area (Å²) in [6, 6.07) is 11.0. The van der Waals surface area contributed by atoms with Gasteiger partial charge in [0.2, 0.25) is 15.9 Å². The lowest BCUT2D eigenvalue weighted by Gasteiger charge is -2.32. The molecule has 8 nitrogen and oxygen atoms in total. The summed E-state index contributed by atoms with van der Waals surface area (Å²) in [5.74, 6) is 0.462. The largest absolute Gasteiger partial charge is 0.474 e. The Balaban J connectivity index is 1.27. The Morgan fingerprint density at radius 3 is 2.52 bits per heavy atom. The zero-order chi connectivity index (χ0) is 22.0. The second-order valence-corrected chi connectivity index (χ2v) is 10.4. The van der Waals surface area contributed by atoms with Crippen LogP contribution in [0, 0.1) is 6.92 Å². The average molecular weight is 445 g/mol. The van der Waals surface area contributed by atoms with Crippen molar-refractivity contribution in [3.63, 3.8) is 0 Å². The molecule has 1 aliphatic heterocycles. The molecule has 0 spiro atoms. The fourth-order valence-electron chi connectivity index (χ4n) is 3.64. The number of hydrogen-bond donors (Lipinski definition) is 1. The molecule has 31 heavy (non-hydrogen) atoms. The number of nitrogens with zero attached hydrogens (tertiary/aromatic N) is 3. The van der Waals surface area contributed by atoms with E-state index in [4.69, 9.17) is 4.74 Å². The summed E-state index contributed by atoms with van der Waals surface area (Å²) in [4.78, 5) is 18.6. The molecule has 0 unspecified atom stereocenters. The first-order valence-corrected chi connectivity index (χ1v) is 12.1. The van der Waals surface area contributed by atoms with Crippen molar-refractivity contribution in [1.82, 2.24) is 9.88 Å². The number of anilines is 2. The Hall–Kier alpha value is -2.81. The summed E-state index contributed by atoms with van der Waals surface area (Å²) in [6.45, 7) is 3.19. The van der Waals surface area contributed by atoms with Crippen LogP contribution in [0.4, 0.5) is 16.2 Å². The van der Waals surface area contributed by atoms with E-state index in [1.54, 1.807) is 24.1 Å². The highest BCUT2D eigenvalue weighted by atomic mass is 32.2. The number of carbonyl (C=O) groups is 1. The summed E-state index contributed by atoms with van der Waals surface area (Å²) < 4.78 is 31.9. The smallest absolute Gasteiger partial charge is 0.321 e. The van der Waals surface area contributed by atoms with Gasteiger partial charge in [-0.25, -0.2) is 18.2 Å². The number of amides is 2. The van der Waals surface area contributed by atoms with Crippen molar-refractivity contribution < 1.29 is 17.9 Å². The van der Waals surface area contributed by atoms with Crippen molar-refractivity contribution in [2.24, 2.45) is 0 Å². The van der Waals surface area contributed by atoms with Gasteiger partial charge in [-0.1, -0.05) is 12.1 Å². The first kappa shape index (κ1) is 21.4. The van der Waals surface area contributed by atoms with Gasteiger partial charge in [0.05, 0.1) is 17.1 Å². The first-order valence-electron chi connectivity index (χ1n) is 10.6. The number of nitrogens with one attached hydrogen (secondary N) is 1. The molecule has 1 N–H and O–H groups in total. The van der Waals surface area contributed by atoms with E-state index in [0.717, 1.165) is 24.1 Å². The maximum atomic E-state index is 12.5. The lowest BCUT2D eigenvalue weighted by atomic mass is 10.1. The number of likely N-dealkylation sites (tertiary alicyclic amines) is 1. The van der Waals surface area contributed by atoms with E-state index in [9.17, 15) is 13.2 Å². The van der Waals surface area contributed by atoms with E-state index >= 15 is 0 Å². The van der Waals surface area contributed by atoms with Crippen molar-refractivity contribution >= 4 is 27.4 Å². The number of aryl methyl sites for hydroxylation is 1. The van der Waals surface area contributed by atoms with Crippen LogP contribution in [0.15, 0.2) is 42.6 Å². The third-order valence-electron chi connectivity index (χ3n) is 5.70. The van der Waals surface area contributed by atoms with Crippen LogP contribution in [-0.2, 0) is 10.0 Å². The normalized spacial score (nSPS) is 17.3. The highest BCUT2D eigenvalue weighted by Crippen LogP contribution is 2.32. The summed E-state index contributed by atoms with van der Waals surface area (Å²) in [7, 11) is -1.73. The van der Waals surface area contributed by atoms with Crippen LogP contribution in [0.1, 0.15) is 31.2 Å². The van der Waals surface area contributed by atoms with E-state index in [0.29, 0.717) is 37.5 Å². The number of pyridine rings is 1. The summed E-state index contributed by atoms with van der Waals surface area (Å²) >= 11 is 0. The molecule has 1 aromatic carbocycles. The van der Waals surface area contributed by atoms with E-state index in [-0.39, 0.29) is 17.4 Å². The standard InChI is InChI=1S/C22H28N4O4S/c1-16-4-3-5-17(14-16)24-22(27)26-12-10-19(11-13-26)30-21-9-6-18(15-23-21)25(2)31(28,29)20-7-8-20/h3-6,9,14-15,19-20H,7-8,10-13H2,1-2H3,(H,24,27). The zero-order valence-corrected chi connectivity index (χ0v) is 18.6. The molecule has 0 atom stereocenters. The minimum Gasteiger partial charge on any atom is -0.474 e. The van der Waals surface area contributed by atoms with Crippen molar-refractivity contribution in [3.05, 3.63) is 48.2 Å². The van der Waals surface area contributed by atoms with E-state index in [2.05, 4.69) is 10.3 Å². The van der Waals surface area contributed by atoms with E-state index in [1.165, 1.54) is 10.5 Å². The van der Waals surface area contributed by atoms with Crippen molar-refractivity contribution in [2.45, 2.75) is 44.0 Å². The molecular weight excluding hydrogens is 416 g/mol. The lowest BCUT2D eigenvalue weighted by molar-refractivity contribution is 0.111. The monoisotopic (exact) mass is 444 g/mol. The van der Waals surface area contributed by atoms with Gasteiger partial charge in [0.15, 0.2) is 0 Å². The Kier molecular flexibility index (Phi) is 6.04. The zero-order valence-electron chi connectivity index (χ0n) is 17.8. The predicted molar refractivity (Wildman–Crippen MR) is 120 cm³/mol. The molecular formula is C22H28N4O4S. The number of sulfonamides is 1. The Labute approximate surface area is 183 Å². The fourth-order valence-corrected chi connectivity index (χ4v) is 5.22. The van der Waals surface area contributed by atoms with Gasteiger partial charge in [0.25, 0.3) is 0 Å². The molecule has 0 radical (unpaired) electrons. The fraction of sp³-hybridized carbons (Fsp3) is 0.455. The molecule has 0 bridgehead atoms. The molecule has 2 amide bonds. The lowest BCUT2D eigenvalue weighted by Crippen LogP contribution is -2.43. The Morgan fingerprint density at radius 2 is 1.90 bits per heavy atom.